The quantitative estimate of drug-likeness (QED) is 0.324. The molecule has 2 aromatic carbocycles. The first-order chi connectivity index (χ1) is 17.9. The van der Waals surface area contributed by atoms with Gasteiger partial charge in [-0.2, -0.15) is 4.31 Å². The highest BCUT2D eigenvalue weighted by molar-refractivity contribution is 7.89. The number of carbonyl (C=O) groups is 1. The van der Waals surface area contributed by atoms with Gasteiger partial charge in [-0.25, -0.2) is 13.4 Å². The molecule has 7 nitrogen and oxygen atoms in total. The summed E-state index contributed by atoms with van der Waals surface area (Å²) in [6, 6.07) is 12.8. The van der Waals surface area contributed by atoms with Crippen LogP contribution in [0.4, 0.5) is 5.13 Å². The number of benzene rings is 2. The second-order valence-corrected chi connectivity index (χ2v) is 12.5. The number of rotatable bonds is 11. The third-order valence-corrected chi connectivity index (χ3v) is 9.97. The summed E-state index contributed by atoms with van der Waals surface area (Å²) in [6.07, 6.45) is 4.51. The Kier molecular flexibility index (Phi) is 9.21. The number of hydrogen-bond acceptors (Lipinski definition) is 6. The molecule has 200 valence electrons. The molecule has 0 radical (unpaired) electrons. The molecule has 1 aliphatic rings. The predicted octanol–water partition coefficient (Wildman–Crippen LogP) is 5.41. The molecular formula is C28H38N4O3S2. The molecule has 3 aromatic rings. The van der Waals surface area contributed by atoms with Gasteiger partial charge in [0.15, 0.2) is 5.13 Å². The summed E-state index contributed by atoms with van der Waals surface area (Å²) in [5.41, 5.74) is 2.87. The Hall–Kier alpha value is -2.49. The summed E-state index contributed by atoms with van der Waals surface area (Å²) in [7, 11) is -3.57. The van der Waals surface area contributed by atoms with Crippen LogP contribution in [0.25, 0.3) is 10.2 Å². The lowest BCUT2D eigenvalue weighted by Crippen LogP contribution is -2.48. The van der Waals surface area contributed by atoms with Gasteiger partial charge in [0, 0.05) is 44.8 Å². The number of para-hydroxylation sites is 1. The minimum absolute atomic E-state index is 0.0602. The molecule has 1 aromatic heterocycles. The standard InChI is InChI=1S/C28H38N4O3S2/c1-4-7-16-32(17-8-5-2)37(34,35)24-14-12-23(13-15-24)27(33)30-18-20-31(21-19-30)28-29-26-22(6-3)10-9-11-25(26)36-28/h9-15H,4-8,16-21H2,1-3H3. The summed E-state index contributed by atoms with van der Waals surface area (Å²) in [6.45, 7) is 9.99. The van der Waals surface area contributed by atoms with Gasteiger partial charge in [0.2, 0.25) is 10.0 Å². The fourth-order valence-electron chi connectivity index (χ4n) is 4.64. The molecule has 0 saturated carbocycles. The first kappa shape index (κ1) is 27.5. The fourth-order valence-corrected chi connectivity index (χ4v) is 7.22. The predicted molar refractivity (Wildman–Crippen MR) is 152 cm³/mol. The SMILES string of the molecule is CCCCN(CCCC)S(=O)(=O)c1ccc(C(=O)N2CCN(c3nc4c(CC)cccc4s3)CC2)cc1. The van der Waals surface area contributed by atoms with Crippen molar-refractivity contribution in [2.75, 3.05) is 44.2 Å². The van der Waals surface area contributed by atoms with Crippen LogP contribution in [0.15, 0.2) is 47.4 Å². The maximum Gasteiger partial charge on any atom is 0.253 e. The molecule has 37 heavy (non-hydrogen) atoms. The van der Waals surface area contributed by atoms with Gasteiger partial charge in [0.25, 0.3) is 5.91 Å². The van der Waals surface area contributed by atoms with Crippen LogP contribution in [0.5, 0.6) is 0 Å². The molecule has 0 aliphatic carbocycles. The molecule has 1 amide bonds. The van der Waals surface area contributed by atoms with E-state index < -0.39 is 10.0 Å². The van der Waals surface area contributed by atoms with Crippen molar-refractivity contribution in [1.29, 1.82) is 0 Å². The number of aryl methyl sites for hydroxylation is 1. The average molecular weight is 543 g/mol. The second-order valence-electron chi connectivity index (χ2n) is 9.53. The second kappa shape index (κ2) is 12.4. The number of anilines is 1. The van der Waals surface area contributed by atoms with E-state index in [0.29, 0.717) is 31.7 Å². The minimum atomic E-state index is -3.57. The molecule has 2 heterocycles. The summed E-state index contributed by atoms with van der Waals surface area (Å²) < 4.78 is 29.2. The minimum Gasteiger partial charge on any atom is -0.345 e. The van der Waals surface area contributed by atoms with Gasteiger partial charge in [-0.15, -0.1) is 0 Å². The highest BCUT2D eigenvalue weighted by Gasteiger charge is 2.26. The van der Waals surface area contributed by atoms with E-state index >= 15 is 0 Å². The molecule has 0 N–H and O–H groups in total. The number of piperazine rings is 1. The highest BCUT2D eigenvalue weighted by Crippen LogP contribution is 2.31. The van der Waals surface area contributed by atoms with Crippen LogP contribution in [-0.2, 0) is 16.4 Å². The van der Waals surface area contributed by atoms with Crippen molar-refractivity contribution in [2.24, 2.45) is 0 Å². The van der Waals surface area contributed by atoms with E-state index in [9.17, 15) is 13.2 Å². The van der Waals surface area contributed by atoms with Crippen LogP contribution >= 0.6 is 11.3 Å². The van der Waals surface area contributed by atoms with Crippen LogP contribution < -0.4 is 4.90 Å². The number of fused-ring (bicyclic) bond motifs is 1. The molecule has 1 saturated heterocycles. The number of hydrogen-bond donors (Lipinski definition) is 0. The van der Waals surface area contributed by atoms with Crippen molar-refractivity contribution in [3.05, 3.63) is 53.6 Å². The van der Waals surface area contributed by atoms with E-state index in [0.717, 1.165) is 55.8 Å². The van der Waals surface area contributed by atoms with Crippen LogP contribution in [0.3, 0.4) is 0 Å². The number of amides is 1. The van der Waals surface area contributed by atoms with Crippen LogP contribution in [0.2, 0.25) is 0 Å². The molecule has 1 aliphatic heterocycles. The van der Waals surface area contributed by atoms with E-state index in [4.69, 9.17) is 4.98 Å². The van der Waals surface area contributed by atoms with Gasteiger partial charge >= 0.3 is 0 Å². The normalized spacial score (nSPS) is 14.6. The average Bonchev–Trinajstić information content (AvgIpc) is 3.37. The molecular weight excluding hydrogens is 504 g/mol. The number of thiazole rings is 1. The van der Waals surface area contributed by atoms with Crippen LogP contribution in [0.1, 0.15) is 62.4 Å². The van der Waals surface area contributed by atoms with Gasteiger partial charge in [0.1, 0.15) is 0 Å². The van der Waals surface area contributed by atoms with Gasteiger partial charge in [-0.05, 0) is 55.2 Å². The van der Waals surface area contributed by atoms with Crippen molar-refractivity contribution in [3.63, 3.8) is 0 Å². The summed E-state index contributed by atoms with van der Waals surface area (Å²) in [5, 5.41) is 1.01. The summed E-state index contributed by atoms with van der Waals surface area (Å²) in [4.78, 5) is 22.4. The van der Waals surface area contributed by atoms with E-state index in [1.165, 1.54) is 10.3 Å². The molecule has 4 rings (SSSR count). The summed E-state index contributed by atoms with van der Waals surface area (Å²) in [5.74, 6) is -0.0602. The van der Waals surface area contributed by atoms with E-state index in [1.54, 1.807) is 39.9 Å². The number of aromatic nitrogens is 1. The van der Waals surface area contributed by atoms with Gasteiger partial charge in [-0.1, -0.05) is 57.1 Å². The zero-order valence-electron chi connectivity index (χ0n) is 22.1. The van der Waals surface area contributed by atoms with Crippen molar-refractivity contribution >= 4 is 42.6 Å². The molecule has 0 spiro atoms. The van der Waals surface area contributed by atoms with E-state index in [-0.39, 0.29) is 10.8 Å². The summed E-state index contributed by atoms with van der Waals surface area (Å²) >= 11 is 1.71. The lowest BCUT2D eigenvalue weighted by Gasteiger charge is -2.34. The molecule has 1 fully saturated rings. The monoisotopic (exact) mass is 542 g/mol. The number of carbonyl (C=O) groups excluding carboxylic acids is 1. The van der Waals surface area contributed by atoms with Crippen LogP contribution in [0, 0.1) is 0 Å². The van der Waals surface area contributed by atoms with E-state index in [1.807, 2.05) is 4.90 Å². The lowest BCUT2D eigenvalue weighted by atomic mass is 10.1. The Morgan fingerprint density at radius 3 is 2.19 bits per heavy atom. The zero-order chi connectivity index (χ0) is 26.4. The van der Waals surface area contributed by atoms with E-state index in [2.05, 4.69) is 43.9 Å². The lowest BCUT2D eigenvalue weighted by molar-refractivity contribution is 0.0746. The van der Waals surface area contributed by atoms with Crippen molar-refractivity contribution in [2.45, 2.75) is 57.8 Å². The number of unbranched alkanes of at least 4 members (excludes halogenated alkanes) is 2. The first-order valence-corrected chi connectivity index (χ1v) is 15.7. The van der Waals surface area contributed by atoms with Crippen LogP contribution in [-0.4, -0.2) is 67.8 Å². The first-order valence-electron chi connectivity index (χ1n) is 13.4. The van der Waals surface area contributed by atoms with Crippen molar-refractivity contribution in [1.82, 2.24) is 14.2 Å². The Morgan fingerprint density at radius 2 is 1.59 bits per heavy atom. The van der Waals surface area contributed by atoms with Crippen molar-refractivity contribution < 1.29 is 13.2 Å². The van der Waals surface area contributed by atoms with Gasteiger partial charge < -0.3 is 9.80 Å². The Morgan fingerprint density at radius 1 is 0.946 bits per heavy atom. The molecule has 0 atom stereocenters. The van der Waals surface area contributed by atoms with Crippen molar-refractivity contribution in [3.8, 4) is 0 Å². The zero-order valence-corrected chi connectivity index (χ0v) is 23.8. The topological polar surface area (TPSA) is 73.8 Å². The largest absolute Gasteiger partial charge is 0.345 e. The third-order valence-electron chi connectivity index (χ3n) is 6.97. The third kappa shape index (κ3) is 6.16. The van der Waals surface area contributed by atoms with Gasteiger partial charge in [-0.3, -0.25) is 4.79 Å². The smallest absolute Gasteiger partial charge is 0.253 e. The number of nitrogens with zero attached hydrogens (tertiary/aromatic N) is 4. The van der Waals surface area contributed by atoms with Gasteiger partial charge in [0.05, 0.1) is 15.1 Å². The Balaban J connectivity index is 1.40. The molecule has 9 heteroatoms. The fraction of sp³-hybridized carbons (Fsp3) is 0.500. The molecule has 0 bridgehead atoms. The maximum absolute atomic E-state index is 13.2. The molecule has 0 unspecified atom stereocenters. The highest BCUT2D eigenvalue weighted by atomic mass is 32.2. The Labute approximate surface area is 225 Å². The Bertz CT molecular complexity index is 1290. The number of sulfonamides is 1. The maximum atomic E-state index is 13.2.